The number of thiocarbonyl (C=S) groups is 1. The van der Waals surface area contributed by atoms with Gasteiger partial charge in [-0.25, -0.2) is 4.98 Å². The number of carbonyl (C=O) groups excluding carboxylic acids is 4. The Balaban J connectivity index is 1.01. The second-order valence-electron chi connectivity index (χ2n) is 17.9. The summed E-state index contributed by atoms with van der Waals surface area (Å²) < 4.78 is 41.5. The van der Waals surface area contributed by atoms with Gasteiger partial charge in [0.2, 0.25) is 17.7 Å². The van der Waals surface area contributed by atoms with Crippen LogP contribution in [0.15, 0.2) is 72.2 Å². The van der Waals surface area contributed by atoms with Crippen LogP contribution in [0.25, 0.3) is 10.4 Å². The lowest BCUT2D eigenvalue weighted by atomic mass is 9.69. The summed E-state index contributed by atoms with van der Waals surface area (Å²) in [4.78, 5) is 65.0. The Morgan fingerprint density at radius 3 is 2.25 bits per heavy atom. The molecule has 3 heterocycles. The van der Waals surface area contributed by atoms with Gasteiger partial charge in [0.05, 0.1) is 45.1 Å². The molecule has 3 aromatic carbocycles. The minimum atomic E-state index is -4.83. The SMILES string of the molecule is Cc1ncsc1-c1ccc(CNC(=O)[C@@H]2C[C@@H](O)CN2C(=O)C(NC(=O)C2CCC2c2ccc(N3C(=S)N(c4ccc(C#N)c(C(F)(F)F)c4)C(=O)C3(C)C)cc2)C(C)(C)C)cc1. The molecule has 2 saturated heterocycles. The molecule has 3 unspecified atom stereocenters. The van der Waals surface area contributed by atoms with Gasteiger partial charge in [-0.3, -0.25) is 24.1 Å². The van der Waals surface area contributed by atoms with Gasteiger partial charge in [0.25, 0.3) is 5.91 Å². The lowest BCUT2D eigenvalue weighted by Crippen LogP contribution is -2.59. The number of benzene rings is 3. The van der Waals surface area contributed by atoms with Crippen molar-refractivity contribution in [3.63, 3.8) is 0 Å². The molecular weight excluding hydrogens is 852 g/mol. The van der Waals surface area contributed by atoms with Crippen molar-refractivity contribution in [3.05, 3.63) is 100 Å². The summed E-state index contributed by atoms with van der Waals surface area (Å²) in [6.07, 6.45) is -4.42. The molecule has 3 aliphatic rings. The van der Waals surface area contributed by atoms with Crippen molar-refractivity contribution in [2.45, 2.75) is 103 Å². The number of aliphatic hydroxyl groups is 1. The molecule has 0 radical (unpaired) electrons. The van der Waals surface area contributed by atoms with Gasteiger partial charge in [0.1, 0.15) is 17.6 Å². The van der Waals surface area contributed by atoms with Crippen molar-refractivity contribution in [1.82, 2.24) is 20.5 Å². The number of alkyl halides is 3. The number of nitrogens with one attached hydrogen (secondary N) is 2. The van der Waals surface area contributed by atoms with E-state index in [9.17, 15) is 42.7 Å². The molecular formula is C46H48F3N7O5S2. The first kappa shape index (κ1) is 45.3. The highest BCUT2D eigenvalue weighted by molar-refractivity contribution is 7.81. The number of amides is 4. The Hall–Kier alpha value is -5.70. The molecule has 7 rings (SSSR count). The summed E-state index contributed by atoms with van der Waals surface area (Å²) in [5.74, 6) is -2.39. The zero-order valence-electron chi connectivity index (χ0n) is 35.6. The van der Waals surface area contributed by atoms with Crippen LogP contribution in [-0.2, 0) is 31.9 Å². The number of aromatic nitrogens is 1. The minimum Gasteiger partial charge on any atom is -0.391 e. The fraction of sp³-hybridized carbons (Fsp3) is 0.413. The molecule has 5 atom stereocenters. The predicted molar refractivity (Wildman–Crippen MR) is 236 cm³/mol. The molecule has 1 aliphatic carbocycles. The summed E-state index contributed by atoms with van der Waals surface area (Å²) in [5, 5.41) is 25.8. The second-order valence-corrected chi connectivity index (χ2v) is 19.1. The van der Waals surface area contributed by atoms with E-state index in [1.807, 2.05) is 64.1 Å². The van der Waals surface area contributed by atoms with Crippen LogP contribution < -0.4 is 20.4 Å². The highest BCUT2D eigenvalue weighted by Gasteiger charge is 2.51. The number of halogens is 3. The molecule has 2 aliphatic heterocycles. The zero-order chi connectivity index (χ0) is 45.8. The van der Waals surface area contributed by atoms with Crippen LogP contribution in [0.1, 0.15) is 87.7 Å². The number of hydrogen-bond donors (Lipinski definition) is 3. The van der Waals surface area contributed by atoms with Crippen LogP contribution in [0.4, 0.5) is 24.5 Å². The van der Waals surface area contributed by atoms with Crippen molar-refractivity contribution in [2.24, 2.45) is 11.3 Å². The Bertz CT molecular complexity index is 2490. The fourth-order valence-electron chi connectivity index (χ4n) is 8.57. The summed E-state index contributed by atoms with van der Waals surface area (Å²) in [6, 6.07) is 17.6. The van der Waals surface area contributed by atoms with Crippen molar-refractivity contribution in [2.75, 3.05) is 16.3 Å². The first-order chi connectivity index (χ1) is 29.6. The smallest absolute Gasteiger partial charge is 0.391 e. The Morgan fingerprint density at radius 2 is 1.68 bits per heavy atom. The van der Waals surface area contributed by atoms with Crippen LogP contribution in [0.5, 0.6) is 0 Å². The lowest BCUT2D eigenvalue weighted by molar-refractivity contribution is -0.145. The van der Waals surface area contributed by atoms with Crippen molar-refractivity contribution in [3.8, 4) is 16.5 Å². The van der Waals surface area contributed by atoms with Gasteiger partial charge in [-0.05, 0) is 104 Å². The molecule has 12 nitrogen and oxygen atoms in total. The molecule has 330 valence electrons. The number of aryl methyl sites for hydroxylation is 1. The van der Waals surface area contributed by atoms with E-state index in [0.29, 0.717) is 18.5 Å². The van der Waals surface area contributed by atoms with Gasteiger partial charge in [0.15, 0.2) is 5.11 Å². The maximum Gasteiger partial charge on any atom is 0.417 e. The summed E-state index contributed by atoms with van der Waals surface area (Å²) in [7, 11) is 0. The number of likely N-dealkylation sites (tertiary alicyclic amines) is 1. The van der Waals surface area contributed by atoms with E-state index in [1.54, 1.807) is 53.8 Å². The number of hydrogen-bond acceptors (Lipinski definition) is 9. The van der Waals surface area contributed by atoms with Crippen LogP contribution >= 0.6 is 23.6 Å². The van der Waals surface area contributed by atoms with E-state index >= 15 is 0 Å². The summed E-state index contributed by atoms with van der Waals surface area (Å²) >= 11 is 7.25. The monoisotopic (exact) mass is 899 g/mol. The normalized spacial score (nSPS) is 21.5. The third-order valence-electron chi connectivity index (χ3n) is 12.2. The van der Waals surface area contributed by atoms with Gasteiger partial charge in [-0.2, -0.15) is 18.4 Å². The number of β-amino-alcohol motifs (C(OH)–C–C–N with tert-alkyl or cyclic N) is 1. The van der Waals surface area contributed by atoms with Crippen molar-refractivity contribution in [1.29, 1.82) is 5.26 Å². The third kappa shape index (κ3) is 8.81. The molecule has 17 heteroatoms. The number of nitrogens with zero attached hydrogens (tertiary/aromatic N) is 5. The van der Waals surface area contributed by atoms with Gasteiger partial charge in [0, 0.05) is 31.1 Å². The minimum absolute atomic E-state index is 0.0347. The number of thiazole rings is 1. The Labute approximate surface area is 373 Å². The van der Waals surface area contributed by atoms with E-state index in [2.05, 4.69) is 15.6 Å². The summed E-state index contributed by atoms with van der Waals surface area (Å²) in [6.45, 7) is 10.9. The molecule has 1 aromatic heterocycles. The number of anilines is 2. The Kier molecular flexibility index (Phi) is 12.3. The highest BCUT2D eigenvalue weighted by atomic mass is 32.1. The fourth-order valence-corrected chi connectivity index (χ4v) is 9.91. The van der Waals surface area contributed by atoms with Gasteiger partial charge < -0.3 is 25.5 Å². The molecule has 1 saturated carbocycles. The average Bonchev–Trinajstić information content (AvgIpc) is 3.87. The van der Waals surface area contributed by atoms with Crippen LogP contribution in [0.3, 0.4) is 0 Å². The van der Waals surface area contributed by atoms with Crippen LogP contribution in [0, 0.1) is 29.6 Å². The number of nitriles is 1. The van der Waals surface area contributed by atoms with E-state index in [0.717, 1.165) is 44.3 Å². The maximum atomic E-state index is 14.3. The molecule has 3 fully saturated rings. The molecule has 4 amide bonds. The first-order valence-electron chi connectivity index (χ1n) is 20.6. The van der Waals surface area contributed by atoms with E-state index in [-0.39, 0.29) is 42.1 Å². The van der Waals surface area contributed by atoms with E-state index < -0.39 is 70.1 Å². The van der Waals surface area contributed by atoms with Gasteiger partial charge in [-0.15, -0.1) is 11.3 Å². The topological polar surface area (TPSA) is 159 Å². The molecule has 0 bridgehead atoms. The van der Waals surface area contributed by atoms with Gasteiger partial charge >= 0.3 is 6.18 Å². The number of carbonyl (C=O) groups is 4. The summed E-state index contributed by atoms with van der Waals surface area (Å²) in [5.41, 5.74) is 2.10. The van der Waals surface area contributed by atoms with Gasteiger partial charge in [-0.1, -0.05) is 57.2 Å². The van der Waals surface area contributed by atoms with Crippen LogP contribution in [-0.4, -0.2) is 74.0 Å². The standard InChI is InChI=1S/C46H48F3N7O5S2/c1-25-37(63-24-52-25)28-9-7-26(8-10-28)22-51-40(59)36-20-32(57)23-54(36)41(60)38(44(2,3)4)53-39(58)34-18-17-33(34)27-11-14-30(15-12-27)56-43(62)55(42(61)45(56,5)6)31-16-13-29(21-50)35(19-31)46(47,48)49/h7-16,19,24,32-34,36,38,57H,17-18,20,22-23H2,1-6H3,(H,51,59)(H,53,58)/t32-,33?,34?,36+,38?/m1/s1. The van der Waals surface area contributed by atoms with E-state index in [1.165, 1.54) is 11.0 Å². The molecule has 0 spiro atoms. The van der Waals surface area contributed by atoms with E-state index in [4.69, 9.17) is 12.2 Å². The van der Waals surface area contributed by atoms with Crippen molar-refractivity contribution >= 4 is 63.7 Å². The molecule has 63 heavy (non-hydrogen) atoms. The van der Waals surface area contributed by atoms with Crippen molar-refractivity contribution < 1.29 is 37.5 Å². The highest BCUT2D eigenvalue weighted by Crippen LogP contribution is 2.45. The third-order valence-corrected chi connectivity index (χ3v) is 13.6. The average molecular weight is 900 g/mol. The number of aliphatic hydroxyl groups excluding tert-OH is 1. The zero-order valence-corrected chi connectivity index (χ0v) is 37.3. The Morgan fingerprint density at radius 1 is 1.02 bits per heavy atom. The second kappa shape index (κ2) is 17.1. The largest absolute Gasteiger partial charge is 0.417 e. The quantitative estimate of drug-likeness (QED) is 0.140. The molecule has 4 aromatic rings. The first-order valence-corrected chi connectivity index (χ1v) is 21.9. The predicted octanol–water partition coefficient (Wildman–Crippen LogP) is 7.23. The lowest BCUT2D eigenvalue weighted by Gasteiger charge is -2.40. The van der Waals surface area contributed by atoms with Crippen LogP contribution in [0.2, 0.25) is 0 Å². The molecule has 3 N–H and O–H groups in total. The maximum absolute atomic E-state index is 14.3. The number of rotatable bonds is 10.